The zero-order chi connectivity index (χ0) is 19.8. The van der Waals surface area contributed by atoms with Crippen LogP contribution in [-0.2, 0) is 21.5 Å². The number of amides is 1. The first-order chi connectivity index (χ1) is 13.7. The average Bonchev–Trinajstić information content (AvgIpc) is 2.74. The smallest absolute Gasteiger partial charge is 0.230 e. The van der Waals surface area contributed by atoms with E-state index in [0.717, 1.165) is 36.8 Å². The molecule has 0 bridgehead atoms. The zero-order valence-electron chi connectivity index (χ0n) is 16.9. The van der Waals surface area contributed by atoms with Crippen LogP contribution in [0.2, 0.25) is 0 Å². The fraction of sp³-hybridized carbons (Fsp3) is 0.478. The summed E-state index contributed by atoms with van der Waals surface area (Å²) in [5.41, 5.74) is 2.78. The fourth-order valence-corrected chi connectivity index (χ4v) is 4.14. The molecular formula is C23H30N2O3. The third-order valence-corrected chi connectivity index (χ3v) is 5.62. The Morgan fingerprint density at radius 3 is 2.64 bits per heavy atom. The predicted molar refractivity (Wildman–Crippen MR) is 109 cm³/mol. The molecule has 1 aliphatic carbocycles. The van der Waals surface area contributed by atoms with Gasteiger partial charge in [-0.15, -0.1) is 0 Å². The van der Waals surface area contributed by atoms with Crippen molar-refractivity contribution in [1.29, 1.82) is 0 Å². The van der Waals surface area contributed by atoms with Gasteiger partial charge < -0.3 is 14.8 Å². The number of rotatable bonds is 8. The lowest BCUT2D eigenvalue weighted by Crippen LogP contribution is -2.46. The number of hydrogen-bond acceptors (Lipinski definition) is 4. The molecule has 1 amide bonds. The van der Waals surface area contributed by atoms with Gasteiger partial charge in [-0.1, -0.05) is 49.6 Å². The van der Waals surface area contributed by atoms with Crippen LogP contribution in [0.15, 0.2) is 42.6 Å². The van der Waals surface area contributed by atoms with Crippen molar-refractivity contribution < 1.29 is 14.3 Å². The second-order valence-corrected chi connectivity index (χ2v) is 7.45. The minimum Gasteiger partial charge on any atom is -0.475 e. The second kappa shape index (κ2) is 9.69. The molecule has 150 valence electrons. The molecule has 0 radical (unpaired) electrons. The third kappa shape index (κ3) is 4.53. The quantitative estimate of drug-likeness (QED) is 0.703. The summed E-state index contributed by atoms with van der Waals surface area (Å²) in [6, 6.07) is 12.1. The van der Waals surface area contributed by atoms with Crippen LogP contribution in [-0.4, -0.2) is 31.2 Å². The maximum Gasteiger partial charge on any atom is 0.230 e. The van der Waals surface area contributed by atoms with Gasteiger partial charge in [-0.3, -0.25) is 4.79 Å². The molecule has 5 nitrogen and oxygen atoms in total. The largest absolute Gasteiger partial charge is 0.475 e. The van der Waals surface area contributed by atoms with E-state index in [1.54, 1.807) is 13.3 Å². The minimum absolute atomic E-state index is 0.105. The lowest BCUT2D eigenvalue weighted by Gasteiger charge is -2.37. The number of aryl methyl sites for hydroxylation is 1. The Kier molecular flexibility index (Phi) is 7.04. The molecule has 1 heterocycles. The molecule has 0 aliphatic heterocycles. The van der Waals surface area contributed by atoms with E-state index in [1.165, 1.54) is 12.0 Å². The average molecular weight is 383 g/mol. The van der Waals surface area contributed by atoms with E-state index in [-0.39, 0.29) is 5.91 Å². The maximum atomic E-state index is 13.4. The molecule has 1 aliphatic rings. The van der Waals surface area contributed by atoms with Gasteiger partial charge in [-0.05, 0) is 37.0 Å². The molecule has 1 fully saturated rings. The van der Waals surface area contributed by atoms with Crippen LogP contribution in [0.5, 0.6) is 5.88 Å². The topological polar surface area (TPSA) is 60.5 Å². The molecule has 2 aromatic rings. The summed E-state index contributed by atoms with van der Waals surface area (Å²) in [7, 11) is 1.64. The monoisotopic (exact) mass is 382 g/mol. The highest BCUT2D eigenvalue weighted by molar-refractivity contribution is 5.88. The van der Waals surface area contributed by atoms with Crippen molar-refractivity contribution in [3.05, 3.63) is 59.3 Å². The number of ether oxygens (including phenoxy) is 2. The van der Waals surface area contributed by atoms with Gasteiger partial charge in [0.15, 0.2) is 0 Å². The Labute approximate surface area is 167 Å². The highest BCUT2D eigenvalue weighted by atomic mass is 16.5. The summed E-state index contributed by atoms with van der Waals surface area (Å²) in [6.45, 7) is 3.44. The number of benzene rings is 1. The number of methoxy groups -OCH3 is 1. The van der Waals surface area contributed by atoms with Crippen molar-refractivity contribution in [2.45, 2.75) is 51.0 Å². The summed E-state index contributed by atoms with van der Waals surface area (Å²) in [4.78, 5) is 17.7. The molecule has 0 atom stereocenters. The molecule has 1 N–H and O–H groups in total. The molecule has 3 rings (SSSR count). The summed E-state index contributed by atoms with van der Waals surface area (Å²) in [5.74, 6) is 0.654. The van der Waals surface area contributed by atoms with Crippen molar-refractivity contribution >= 4 is 5.91 Å². The normalized spacial score (nSPS) is 15.8. The van der Waals surface area contributed by atoms with E-state index in [2.05, 4.69) is 29.4 Å². The minimum atomic E-state index is -0.442. The summed E-state index contributed by atoms with van der Waals surface area (Å²) in [6.07, 6.45) is 6.85. The molecule has 0 unspecified atom stereocenters. The molecule has 1 aromatic carbocycles. The van der Waals surface area contributed by atoms with E-state index >= 15 is 0 Å². The van der Waals surface area contributed by atoms with Crippen LogP contribution in [0.3, 0.4) is 0 Å². The van der Waals surface area contributed by atoms with Crippen molar-refractivity contribution in [3.63, 3.8) is 0 Å². The summed E-state index contributed by atoms with van der Waals surface area (Å²) >= 11 is 0. The Morgan fingerprint density at radius 2 is 1.89 bits per heavy atom. The zero-order valence-corrected chi connectivity index (χ0v) is 16.9. The Morgan fingerprint density at radius 1 is 1.11 bits per heavy atom. The Hall–Kier alpha value is -2.40. The molecule has 0 spiro atoms. The number of carbonyl (C=O) groups excluding carboxylic acids is 1. The lowest BCUT2D eigenvalue weighted by molar-refractivity contribution is -0.128. The number of nitrogens with one attached hydrogen (secondary N) is 1. The molecule has 1 saturated carbocycles. The first-order valence-electron chi connectivity index (χ1n) is 10.1. The molecule has 5 heteroatoms. The highest BCUT2D eigenvalue weighted by Gasteiger charge is 2.41. The van der Waals surface area contributed by atoms with E-state index in [0.29, 0.717) is 25.6 Å². The van der Waals surface area contributed by atoms with Crippen LogP contribution < -0.4 is 10.1 Å². The number of aromatic nitrogens is 1. The van der Waals surface area contributed by atoms with Crippen molar-refractivity contribution in [1.82, 2.24) is 10.3 Å². The van der Waals surface area contributed by atoms with Crippen LogP contribution >= 0.6 is 0 Å². The standard InChI is InChI=1S/C23H30N2O3/c1-18-9-4-5-11-20(18)23(12-6-3-7-13-23)22(26)25-17-19-10-8-14-24-21(19)28-16-15-27-2/h4-5,8-11,14H,3,6-7,12-13,15-17H2,1-2H3,(H,25,26). The second-order valence-electron chi connectivity index (χ2n) is 7.45. The van der Waals surface area contributed by atoms with Crippen LogP contribution in [0.4, 0.5) is 0 Å². The first kappa shape index (κ1) is 20.3. The van der Waals surface area contributed by atoms with Crippen LogP contribution in [0, 0.1) is 6.92 Å². The Bertz CT molecular complexity index is 785. The van der Waals surface area contributed by atoms with Gasteiger partial charge in [-0.25, -0.2) is 4.98 Å². The highest BCUT2D eigenvalue weighted by Crippen LogP contribution is 2.41. The van der Waals surface area contributed by atoms with Crippen LogP contribution in [0.25, 0.3) is 0 Å². The molecule has 1 aromatic heterocycles. The van der Waals surface area contributed by atoms with Gasteiger partial charge in [0, 0.05) is 25.4 Å². The number of hydrogen-bond donors (Lipinski definition) is 1. The number of pyridine rings is 1. The van der Waals surface area contributed by atoms with Crippen LogP contribution in [0.1, 0.15) is 48.8 Å². The summed E-state index contributed by atoms with van der Waals surface area (Å²) < 4.78 is 10.7. The molecule has 28 heavy (non-hydrogen) atoms. The van der Waals surface area contributed by atoms with Gasteiger partial charge in [0.25, 0.3) is 0 Å². The lowest BCUT2D eigenvalue weighted by atomic mass is 9.67. The van der Waals surface area contributed by atoms with Gasteiger partial charge in [0.2, 0.25) is 11.8 Å². The number of carbonyl (C=O) groups is 1. The fourth-order valence-electron chi connectivity index (χ4n) is 4.14. The SMILES string of the molecule is COCCOc1ncccc1CNC(=O)C1(c2ccccc2C)CCCCC1. The maximum absolute atomic E-state index is 13.4. The van der Waals surface area contributed by atoms with E-state index in [9.17, 15) is 4.79 Å². The molecule has 0 saturated heterocycles. The van der Waals surface area contributed by atoms with Gasteiger partial charge >= 0.3 is 0 Å². The van der Waals surface area contributed by atoms with Crippen molar-refractivity contribution in [2.24, 2.45) is 0 Å². The van der Waals surface area contributed by atoms with E-state index < -0.39 is 5.41 Å². The van der Waals surface area contributed by atoms with Gasteiger partial charge in [0.05, 0.1) is 12.0 Å². The third-order valence-electron chi connectivity index (χ3n) is 5.62. The van der Waals surface area contributed by atoms with Gasteiger partial charge in [-0.2, -0.15) is 0 Å². The summed E-state index contributed by atoms with van der Waals surface area (Å²) in [5, 5.41) is 3.18. The molecular weight excluding hydrogens is 352 g/mol. The van der Waals surface area contributed by atoms with E-state index in [1.807, 2.05) is 24.3 Å². The number of nitrogens with zero attached hydrogens (tertiary/aromatic N) is 1. The van der Waals surface area contributed by atoms with Crippen molar-refractivity contribution in [2.75, 3.05) is 20.3 Å². The Balaban J connectivity index is 1.76. The first-order valence-corrected chi connectivity index (χ1v) is 10.1. The van der Waals surface area contributed by atoms with Crippen molar-refractivity contribution in [3.8, 4) is 5.88 Å². The van der Waals surface area contributed by atoms with Gasteiger partial charge in [0.1, 0.15) is 6.61 Å². The van der Waals surface area contributed by atoms with E-state index in [4.69, 9.17) is 9.47 Å². The predicted octanol–water partition coefficient (Wildman–Crippen LogP) is 3.93.